The standard InChI is InChI=1S/C8H6BrO/c1-2-6-3-7(9)5-8(10)4-6/h3-5,10H,1H2. The van der Waals surface area contributed by atoms with Gasteiger partial charge in [-0.3, -0.25) is 0 Å². The second kappa shape index (κ2) is 2.88. The third kappa shape index (κ3) is 1.61. The molecule has 0 heterocycles. The minimum Gasteiger partial charge on any atom is -0.508 e. The zero-order chi connectivity index (χ0) is 7.56. The van der Waals surface area contributed by atoms with E-state index in [-0.39, 0.29) is 5.75 Å². The van der Waals surface area contributed by atoms with Crippen molar-refractivity contribution in [3.8, 4) is 5.75 Å². The van der Waals surface area contributed by atoms with Gasteiger partial charge in [-0.15, -0.1) is 0 Å². The van der Waals surface area contributed by atoms with Crippen molar-refractivity contribution in [2.75, 3.05) is 0 Å². The molecule has 0 aromatic heterocycles. The maximum Gasteiger partial charge on any atom is 0.117 e. The van der Waals surface area contributed by atoms with Crippen LogP contribution >= 0.6 is 15.9 Å². The predicted octanol–water partition coefficient (Wildman–Crippen LogP) is 2.49. The van der Waals surface area contributed by atoms with E-state index in [0.717, 1.165) is 10.0 Å². The molecule has 1 N–H and O–H groups in total. The maximum absolute atomic E-state index is 9.03. The van der Waals surface area contributed by atoms with E-state index in [1.807, 2.05) is 6.07 Å². The van der Waals surface area contributed by atoms with Gasteiger partial charge in [0.1, 0.15) is 5.75 Å². The van der Waals surface area contributed by atoms with Gasteiger partial charge >= 0.3 is 0 Å². The van der Waals surface area contributed by atoms with Crippen LogP contribution in [0.4, 0.5) is 0 Å². The predicted molar refractivity (Wildman–Crippen MR) is 43.8 cm³/mol. The zero-order valence-corrected chi connectivity index (χ0v) is 6.85. The molecule has 1 nitrogen and oxygen atoms in total. The van der Waals surface area contributed by atoms with E-state index in [0.29, 0.717) is 0 Å². The van der Waals surface area contributed by atoms with Crippen LogP contribution in [0.25, 0.3) is 0 Å². The Morgan fingerprint density at radius 2 is 2.10 bits per heavy atom. The topological polar surface area (TPSA) is 20.2 Å². The number of phenolic OH excluding ortho intramolecular Hbond substituents is 1. The van der Waals surface area contributed by atoms with Crippen molar-refractivity contribution in [2.45, 2.75) is 0 Å². The van der Waals surface area contributed by atoms with Gasteiger partial charge in [0.15, 0.2) is 0 Å². The molecule has 0 unspecified atom stereocenters. The number of hydrogen-bond acceptors (Lipinski definition) is 1. The van der Waals surface area contributed by atoms with E-state index in [9.17, 15) is 0 Å². The van der Waals surface area contributed by atoms with Crippen molar-refractivity contribution in [1.29, 1.82) is 0 Å². The highest BCUT2D eigenvalue weighted by atomic mass is 79.9. The first-order valence-electron chi connectivity index (χ1n) is 2.75. The summed E-state index contributed by atoms with van der Waals surface area (Å²) >= 11 is 3.23. The SMILES string of the molecule is C=[C]c1cc(O)cc(Br)c1. The van der Waals surface area contributed by atoms with Crippen molar-refractivity contribution in [3.63, 3.8) is 0 Å². The lowest BCUT2D eigenvalue weighted by atomic mass is 10.2. The molecule has 0 amide bonds. The van der Waals surface area contributed by atoms with Gasteiger partial charge in [-0.25, -0.2) is 0 Å². The molecule has 0 saturated carbocycles. The van der Waals surface area contributed by atoms with Crippen LogP contribution in [0, 0.1) is 6.08 Å². The Labute approximate surface area is 68.1 Å². The van der Waals surface area contributed by atoms with Crippen LogP contribution in [0.5, 0.6) is 5.75 Å². The van der Waals surface area contributed by atoms with E-state index in [4.69, 9.17) is 5.11 Å². The van der Waals surface area contributed by atoms with Gasteiger partial charge in [0.05, 0.1) is 0 Å². The van der Waals surface area contributed by atoms with Crippen LogP contribution in [0.15, 0.2) is 29.3 Å². The average Bonchev–Trinajstić information content (AvgIpc) is 1.85. The summed E-state index contributed by atoms with van der Waals surface area (Å²) in [4.78, 5) is 0. The summed E-state index contributed by atoms with van der Waals surface area (Å²) in [5.74, 6) is 0.223. The third-order valence-electron chi connectivity index (χ3n) is 1.09. The molecule has 1 aromatic rings. The minimum atomic E-state index is 0.223. The van der Waals surface area contributed by atoms with Crippen LogP contribution in [-0.2, 0) is 0 Å². The summed E-state index contributed by atoms with van der Waals surface area (Å²) in [6, 6.07) is 5.03. The van der Waals surface area contributed by atoms with E-state index >= 15 is 0 Å². The fourth-order valence-corrected chi connectivity index (χ4v) is 1.16. The molecule has 0 fully saturated rings. The van der Waals surface area contributed by atoms with Crippen LogP contribution in [0.3, 0.4) is 0 Å². The number of rotatable bonds is 1. The highest BCUT2D eigenvalue weighted by Crippen LogP contribution is 2.19. The number of aromatic hydroxyl groups is 1. The largest absolute Gasteiger partial charge is 0.508 e. The molecular weight excluding hydrogens is 192 g/mol. The number of phenols is 1. The van der Waals surface area contributed by atoms with Gasteiger partial charge in [0.2, 0.25) is 0 Å². The Morgan fingerprint density at radius 3 is 2.60 bits per heavy atom. The quantitative estimate of drug-likeness (QED) is 0.734. The Bertz CT molecular complexity index is 235. The van der Waals surface area contributed by atoms with Gasteiger partial charge in [-0.1, -0.05) is 22.5 Å². The van der Waals surface area contributed by atoms with Gasteiger partial charge < -0.3 is 5.11 Å². The minimum absolute atomic E-state index is 0.223. The lowest BCUT2D eigenvalue weighted by molar-refractivity contribution is 0.474. The first-order valence-corrected chi connectivity index (χ1v) is 3.54. The first kappa shape index (κ1) is 7.35. The summed E-state index contributed by atoms with van der Waals surface area (Å²) in [7, 11) is 0. The average molecular weight is 198 g/mol. The monoisotopic (exact) mass is 197 g/mol. The van der Waals surface area contributed by atoms with Crippen molar-refractivity contribution in [3.05, 3.63) is 40.9 Å². The second-order valence-electron chi connectivity index (χ2n) is 1.87. The fraction of sp³-hybridized carbons (Fsp3) is 0. The molecular formula is C8H6BrO. The number of hydrogen-bond donors (Lipinski definition) is 1. The second-order valence-corrected chi connectivity index (χ2v) is 2.79. The molecule has 0 spiro atoms. The van der Waals surface area contributed by atoms with Gasteiger partial charge in [0, 0.05) is 4.47 Å². The third-order valence-corrected chi connectivity index (χ3v) is 1.54. The first-order chi connectivity index (χ1) is 4.72. The number of benzene rings is 1. The van der Waals surface area contributed by atoms with Gasteiger partial charge in [-0.2, -0.15) is 0 Å². The Balaban J connectivity index is 3.18. The van der Waals surface area contributed by atoms with Crippen molar-refractivity contribution in [2.24, 2.45) is 0 Å². The van der Waals surface area contributed by atoms with Crippen LogP contribution in [-0.4, -0.2) is 5.11 Å². The molecule has 0 aliphatic carbocycles. The molecule has 0 atom stereocenters. The molecule has 0 aliphatic rings. The summed E-state index contributed by atoms with van der Waals surface area (Å²) < 4.78 is 0.832. The Hall–Kier alpha value is -0.760. The number of halogens is 1. The van der Waals surface area contributed by atoms with E-state index in [2.05, 4.69) is 28.6 Å². The lowest BCUT2D eigenvalue weighted by Crippen LogP contribution is -1.73. The highest BCUT2D eigenvalue weighted by molar-refractivity contribution is 9.10. The van der Waals surface area contributed by atoms with Crippen molar-refractivity contribution >= 4 is 15.9 Å². The molecule has 51 valence electrons. The van der Waals surface area contributed by atoms with Crippen LogP contribution in [0.1, 0.15) is 5.56 Å². The fourth-order valence-electron chi connectivity index (χ4n) is 0.676. The molecule has 1 rings (SSSR count). The Morgan fingerprint density at radius 1 is 1.40 bits per heavy atom. The smallest absolute Gasteiger partial charge is 0.117 e. The molecule has 0 saturated heterocycles. The Kier molecular flexibility index (Phi) is 2.12. The maximum atomic E-state index is 9.03. The zero-order valence-electron chi connectivity index (χ0n) is 5.26. The van der Waals surface area contributed by atoms with Crippen molar-refractivity contribution < 1.29 is 5.11 Å². The molecule has 1 aromatic carbocycles. The molecule has 0 bridgehead atoms. The van der Waals surface area contributed by atoms with E-state index < -0.39 is 0 Å². The summed E-state index contributed by atoms with van der Waals surface area (Å²) in [5.41, 5.74) is 0.784. The molecule has 1 radical (unpaired) electrons. The van der Waals surface area contributed by atoms with Gasteiger partial charge in [-0.05, 0) is 29.8 Å². The summed E-state index contributed by atoms with van der Waals surface area (Å²) in [6.07, 6.45) is 2.67. The van der Waals surface area contributed by atoms with Crippen molar-refractivity contribution in [1.82, 2.24) is 0 Å². The van der Waals surface area contributed by atoms with Crippen LogP contribution < -0.4 is 0 Å². The molecule has 10 heavy (non-hydrogen) atoms. The van der Waals surface area contributed by atoms with Gasteiger partial charge in [0.25, 0.3) is 0 Å². The van der Waals surface area contributed by atoms with E-state index in [1.165, 1.54) is 0 Å². The van der Waals surface area contributed by atoms with Crippen LogP contribution in [0.2, 0.25) is 0 Å². The summed E-state index contributed by atoms with van der Waals surface area (Å²) in [5, 5.41) is 9.03. The molecule has 2 heteroatoms. The normalized spacial score (nSPS) is 9.30. The molecule has 0 aliphatic heterocycles. The van der Waals surface area contributed by atoms with E-state index in [1.54, 1.807) is 12.1 Å². The lowest BCUT2D eigenvalue weighted by Gasteiger charge is -1.95. The highest BCUT2D eigenvalue weighted by Gasteiger charge is 1.93. The summed E-state index contributed by atoms with van der Waals surface area (Å²) in [6.45, 7) is 3.46.